The number of primary amides is 1. The summed E-state index contributed by atoms with van der Waals surface area (Å²) in [6.07, 6.45) is 1.28. The Morgan fingerprint density at radius 1 is 1.38 bits per heavy atom. The minimum atomic E-state index is -1.14. The fraction of sp³-hybridized carbons (Fsp3) is 0.667. The Morgan fingerprint density at radius 2 is 2.06 bits per heavy atom. The van der Waals surface area contributed by atoms with Gasteiger partial charge in [0.15, 0.2) is 0 Å². The number of rotatable bonds is 5. The lowest BCUT2D eigenvalue weighted by Gasteiger charge is -2.21. The van der Waals surface area contributed by atoms with E-state index in [9.17, 15) is 14.4 Å². The van der Waals surface area contributed by atoms with Crippen LogP contribution >= 0.6 is 0 Å². The highest BCUT2D eigenvalue weighted by atomic mass is 16.5. The van der Waals surface area contributed by atoms with Gasteiger partial charge in [-0.15, -0.1) is 0 Å². The van der Waals surface area contributed by atoms with Crippen molar-refractivity contribution < 1.29 is 24.2 Å². The molecule has 7 nitrogen and oxygen atoms in total. The van der Waals surface area contributed by atoms with Gasteiger partial charge in [-0.25, -0.2) is 4.79 Å². The van der Waals surface area contributed by atoms with E-state index < -0.39 is 30.4 Å². The van der Waals surface area contributed by atoms with Crippen LogP contribution in [0.1, 0.15) is 12.8 Å². The van der Waals surface area contributed by atoms with Crippen molar-refractivity contribution in [2.24, 2.45) is 5.73 Å². The Kier molecular flexibility index (Phi) is 4.24. The number of carbonyl (C=O) groups excluding carboxylic acids is 2. The Labute approximate surface area is 92.1 Å². The molecule has 0 bridgehead atoms. The second-order valence-electron chi connectivity index (χ2n) is 3.53. The molecule has 0 radical (unpaired) electrons. The van der Waals surface area contributed by atoms with Crippen molar-refractivity contribution in [2.45, 2.75) is 18.9 Å². The predicted molar refractivity (Wildman–Crippen MR) is 52.4 cm³/mol. The van der Waals surface area contributed by atoms with E-state index >= 15 is 0 Å². The number of nitrogens with zero attached hydrogens (tertiary/aromatic N) is 1. The summed E-state index contributed by atoms with van der Waals surface area (Å²) in [7, 11) is 0. The van der Waals surface area contributed by atoms with Crippen LogP contribution < -0.4 is 5.73 Å². The number of ether oxygens (including phenoxy) is 1. The Morgan fingerprint density at radius 3 is 2.62 bits per heavy atom. The monoisotopic (exact) mass is 230 g/mol. The molecule has 2 amide bonds. The van der Waals surface area contributed by atoms with Crippen LogP contribution in [0, 0.1) is 0 Å². The number of hydrogen-bond acceptors (Lipinski definition) is 4. The third-order valence-corrected chi connectivity index (χ3v) is 2.35. The Bertz CT molecular complexity index is 304. The van der Waals surface area contributed by atoms with Gasteiger partial charge in [-0.2, -0.15) is 0 Å². The van der Waals surface area contributed by atoms with Crippen LogP contribution in [0.2, 0.25) is 0 Å². The lowest BCUT2D eigenvalue weighted by atomic mass is 10.2. The van der Waals surface area contributed by atoms with Crippen LogP contribution in [-0.4, -0.2) is 53.6 Å². The molecule has 0 aromatic carbocycles. The molecule has 0 aromatic rings. The summed E-state index contributed by atoms with van der Waals surface area (Å²) in [4.78, 5) is 34.0. The largest absolute Gasteiger partial charge is 0.480 e. The molecule has 0 saturated carbocycles. The van der Waals surface area contributed by atoms with E-state index in [4.69, 9.17) is 10.8 Å². The smallest absolute Gasteiger partial charge is 0.329 e. The maximum absolute atomic E-state index is 11.5. The predicted octanol–water partition coefficient (Wildman–Crippen LogP) is -1.44. The summed E-state index contributed by atoms with van der Waals surface area (Å²) in [5, 5.41) is 8.31. The van der Waals surface area contributed by atoms with Gasteiger partial charge in [0.2, 0.25) is 11.8 Å². The maximum Gasteiger partial charge on any atom is 0.329 e. The molecule has 1 saturated heterocycles. The minimum absolute atomic E-state index is 0.337. The molecular formula is C9H14N2O5. The summed E-state index contributed by atoms with van der Waals surface area (Å²) < 4.78 is 4.65. The van der Waals surface area contributed by atoms with E-state index in [0.29, 0.717) is 13.0 Å². The normalized spacial score (nSPS) is 19.8. The lowest BCUT2D eigenvalue weighted by Crippen LogP contribution is -2.45. The number of carbonyl (C=O) groups is 3. The first kappa shape index (κ1) is 12.4. The van der Waals surface area contributed by atoms with Gasteiger partial charge in [-0.3, -0.25) is 9.59 Å². The average Bonchev–Trinajstić information content (AvgIpc) is 2.65. The Balaban J connectivity index is 2.41. The van der Waals surface area contributed by atoms with Gasteiger partial charge in [0.05, 0.1) is 0 Å². The average molecular weight is 230 g/mol. The van der Waals surface area contributed by atoms with Crippen LogP contribution in [0.4, 0.5) is 0 Å². The fourth-order valence-corrected chi connectivity index (χ4v) is 1.67. The van der Waals surface area contributed by atoms with Crippen molar-refractivity contribution >= 4 is 17.8 Å². The van der Waals surface area contributed by atoms with E-state index in [2.05, 4.69) is 4.74 Å². The first-order valence-corrected chi connectivity index (χ1v) is 4.90. The molecule has 3 N–H and O–H groups in total. The van der Waals surface area contributed by atoms with Gasteiger partial charge >= 0.3 is 5.97 Å². The second-order valence-corrected chi connectivity index (χ2v) is 3.53. The van der Waals surface area contributed by atoms with Gasteiger partial charge < -0.3 is 20.5 Å². The summed E-state index contributed by atoms with van der Waals surface area (Å²) in [5.41, 5.74) is 5.14. The van der Waals surface area contributed by atoms with E-state index in [1.807, 2.05) is 0 Å². The molecule has 1 rings (SSSR count). The van der Waals surface area contributed by atoms with Crippen molar-refractivity contribution in [3.8, 4) is 0 Å². The molecule has 1 unspecified atom stereocenters. The van der Waals surface area contributed by atoms with Crippen molar-refractivity contribution in [1.29, 1.82) is 0 Å². The van der Waals surface area contributed by atoms with Crippen LogP contribution in [0.3, 0.4) is 0 Å². The lowest BCUT2D eigenvalue weighted by molar-refractivity contribution is -0.147. The van der Waals surface area contributed by atoms with Crippen LogP contribution in [-0.2, 0) is 19.1 Å². The molecule has 1 atom stereocenters. The Hall–Kier alpha value is -1.63. The summed E-state index contributed by atoms with van der Waals surface area (Å²) in [6.45, 7) is -0.403. The molecular weight excluding hydrogens is 216 g/mol. The number of amides is 2. The van der Waals surface area contributed by atoms with Gasteiger partial charge in [-0.05, 0) is 12.8 Å². The zero-order chi connectivity index (χ0) is 12.1. The molecule has 0 aliphatic carbocycles. The molecule has 90 valence electrons. The number of carboxylic acids is 1. The fourth-order valence-electron chi connectivity index (χ4n) is 1.67. The SMILES string of the molecule is NC(=O)C1CCCN1C(=O)COCC(=O)O. The van der Waals surface area contributed by atoms with Gasteiger partial charge in [-0.1, -0.05) is 0 Å². The second kappa shape index (κ2) is 5.45. The highest BCUT2D eigenvalue weighted by Gasteiger charge is 2.32. The van der Waals surface area contributed by atoms with Crippen molar-refractivity contribution in [3.05, 3.63) is 0 Å². The van der Waals surface area contributed by atoms with Crippen LogP contribution in [0.25, 0.3) is 0 Å². The zero-order valence-corrected chi connectivity index (χ0v) is 8.72. The van der Waals surface area contributed by atoms with Crippen molar-refractivity contribution in [3.63, 3.8) is 0 Å². The molecule has 1 fully saturated rings. The van der Waals surface area contributed by atoms with Gasteiger partial charge in [0.1, 0.15) is 19.3 Å². The van der Waals surface area contributed by atoms with Crippen LogP contribution in [0.15, 0.2) is 0 Å². The topological polar surface area (TPSA) is 110 Å². The zero-order valence-electron chi connectivity index (χ0n) is 8.72. The number of hydrogen-bond donors (Lipinski definition) is 2. The third-order valence-electron chi connectivity index (χ3n) is 2.35. The van der Waals surface area contributed by atoms with Crippen molar-refractivity contribution in [1.82, 2.24) is 4.90 Å². The first-order chi connectivity index (χ1) is 7.52. The molecule has 1 aliphatic heterocycles. The first-order valence-electron chi connectivity index (χ1n) is 4.90. The minimum Gasteiger partial charge on any atom is -0.480 e. The van der Waals surface area contributed by atoms with E-state index in [1.165, 1.54) is 4.90 Å². The standard InChI is InChI=1S/C9H14N2O5/c10-9(15)6-2-1-3-11(6)7(12)4-16-5-8(13)14/h6H,1-5H2,(H2,10,15)(H,13,14). The quantitative estimate of drug-likeness (QED) is 0.601. The summed E-state index contributed by atoms with van der Waals surface area (Å²) >= 11 is 0. The molecule has 1 aliphatic rings. The molecule has 7 heteroatoms. The highest BCUT2D eigenvalue weighted by Crippen LogP contribution is 2.16. The molecule has 0 aromatic heterocycles. The highest BCUT2D eigenvalue weighted by molar-refractivity contribution is 5.87. The van der Waals surface area contributed by atoms with Gasteiger partial charge in [0.25, 0.3) is 0 Å². The molecule has 0 spiro atoms. The molecule has 1 heterocycles. The maximum atomic E-state index is 11.5. The van der Waals surface area contributed by atoms with Gasteiger partial charge in [0, 0.05) is 6.54 Å². The summed E-state index contributed by atoms with van der Waals surface area (Å²) in [5.74, 6) is -2.08. The number of nitrogens with two attached hydrogens (primary N) is 1. The number of carboxylic acid groups (broad SMARTS) is 1. The number of aliphatic carboxylic acids is 1. The van der Waals surface area contributed by atoms with E-state index in [-0.39, 0.29) is 6.61 Å². The molecule has 16 heavy (non-hydrogen) atoms. The van der Waals surface area contributed by atoms with E-state index in [0.717, 1.165) is 6.42 Å². The third kappa shape index (κ3) is 3.20. The van der Waals surface area contributed by atoms with Crippen LogP contribution in [0.5, 0.6) is 0 Å². The number of likely N-dealkylation sites (tertiary alicyclic amines) is 1. The summed E-state index contributed by atoms with van der Waals surface area (Å²) in [6, 6.07) is -0.582. The van der Waals surface area contributed by atoms with Crippen molar-refractivity contribution in [2.75, 3.05) is 19.8 Å². The van der Waals surface area contributed by atoms with E-state index in [1.54, 1.807) is 0 Å².